The van der Waals surface area contributed by atoms with Gasteiger partial charge in [-0.05, 0) is 38.5 Å². The number of rotatable bonds is 13. The van der Waals surface area contributed by atoms with E-state index < -0.39 is 18.2 Å². The van der Waals surface area contributed by atoms with E-state index in [4.69, 9.17) is 10.2 Å². The topological polar surface area (TPSA) is 115 Å². The Balaban J connectivity index is 4.58. The molecule has 128 valence electrons. The van der Waals surface area contributed by atoms with Gasteiger partial charge in [-0.15, -0.1) is 0 Å². The first-order chi connectivity index (χ1) is 10.4. The van der Waals surface area contributed by atoms with E-state index >= 15 is 0 Å². The number of aliphatic carboxylic acids is 2. The Labute approximate surface area is 131 Å². The summed E-state index contributed by atoms with van der Waals surface area (Å²) in [7, 11) is 0. The van der Waals surface area contributed by atoms with Crippen molar-refractivity contribution in [2.45, 2.75) is 77.4 Å². The summed E-state index contributed by atoms with van der Waals surface area (Å²) in [4.78, 5) is 22.6. The van der Waals surface area contributed by atoms with Gasteiger partial charge in [0.2, 0.25) is 0 Å². The van der Waals surface area contributed by atoms with Gasteiger partial charge in [-0.25, -0.2) is 9.59 Å². The van der Waals surface area contributed by atoms with Gasteiger partial charge in [0.15, 0.2) is 6.29 Å². The number of carboxylic acid groups (broad SMARTS) is 2. The highest BCUT2D eigenvalue weighted by Gasteiger charge is 2.19. The van der Waals surface area contributed by atoms with Crippen molar-refractivity contribution in [3.8, 4) is 0 Å². The van der Waals surface area contributed by atoms with Crippen LogP contribution in [0.3, 0.4) is 0 Å². The van der Waals surface area contributed by atoms with Crippen LogP contribution in [0.4, 0.5) is 0 Å². The molecule has 4 N–H and O–H groups in total. The average molecular weight is 316 g/mol. The molecule has 22 heavy (non-hydrogen) atoms. The van der Waals surface area contributed by atoms with Crippen LogP contribution >= 0.6 is 0 Å². The summed E-state index contributed by atoms with van der Waals surface area (Å²) in [6.07, 6.45) is 4.75. The molecule has 0 saturated heterocycles. The molecule has 6 heteroatoms. The van der Waals surface area contributed by atoms with Crippen molar-refractivity contribution in [3.63, 3.8) is 0 Å². The van der Waals surface area contributed by atoms with E-state index in [9.17, 15) is 19.8 Å². The molecule has 0 atom stereocenters. The third-order valence-electron chi connectivity index (χ3n) is 3.55. The van der Waals surface area contributed by atoms with Crippen molar-refractivity contribution < 1.29 is 30.0 Å². The van der Waals surface area contributed by atoms with Gasteiger partial charge in [0.1, 0.15) is 0 Å². The highest BCUT2D eigenvalue weighted by molar-refractivity contribution is 5.98. The third kappa shape index (κ3) is 9.52. The van der Waals surface area contributed by atoms with Gasteiger partial charge >= 0.3 is 11.9 Å². The van der Waals surface area contributed by atoms with Crippen molar-refractivity contribution in [1.29, 1.82) is 0 Å². The van der Waals surface area contributed by atoms with E-state index in [0.29, 0.717) is 25.7 Å². The first-order valence-electron chi connectivity index (χ1n) is 7.94. The molecule has 0 rings (SSSR count). The summed E-state index contributed by atoms with van der Waals surface area (Å²) in [6.45, 7) is 2.06. The average Bonchev–Trinajstić information content (AvgIpc) is 2.43. The molecule has 0 bridgehead atoms. The summed E-state index contributed by atoms with van der Waals surface area (Å²) in [5.74, 6) is -2.32. The highest BCUT2D eigenvalue weighted by atomic mass is 16.5. The molecule has 0 fully saturated rings. The van der Waals surface area contributed by atoms with Crippen molar-refractivity contribution in [3.05, 3.63) is 11.1 Å². The molecule has 0 aromatic carbocycles. The summed E-state index contributed by atoms with van der Waals surface area (Å²) in [6, 6.07) is 0. The van der Waals surface area contributed by atoms with Crippen LogP contribution in [-0.2, 0) is 9.59 Å². The number of carbonyl (C=O) groups is 2. The Bertz CT molecular complexity index is 373. The SMILES string of the molecule is CCCCCCC(C(=O)O)=C(CCCCCC(O)O)C(=O)O. The van der Waals surface area contributed by atoms with Crippen molar-refractivity contribution in [2.75, 3.05) is 0 Å². The van der Waals surface area contributed by atoms with Gasteiger partial charge in [0, 0.05) is 11.1 Å². The fourth-order valence-electron chi connectivity index (χ4n) is 2.31. The summed E-state index contributed by atoms with van der Waals surface area (Å²) < 4.78 is 0. The maximum atomic E-state index is 11.3. The van der Waals surface area contributed by atoms with Crippen LogP contribution in [0.5, 0.6) is 0 Å². The molecule has 0 heterocycles. The van der Waals surface area contributed by atoms with E-state index in [2.05, 4.69) is 6.92 Å². The fraction of sp³-hybridized carbons (Fsp3) is 0.750. The monoisotopic (exact) mass is 316 g/mol. The summed E-state index contributed by atoms with van der Waals surface area (Å²) in [5.41, 5.74) is -0.0145. The predicted octanol–water partition coefficient (Wildman–Crippen LogP) is 2.68. The molecule has 0 aliphatic rings. The van der Waals surface area contributed by atoms with E-state index in [0.717, 1.165) is 19.3 Å². The second kappa shape index (κ2) is 12.2. The number of carboxylic acids is 2. The van der Waals surface area contributed by atoms with Gasteiger partial charge in [-0.3, -0.25) is 0 Å². The second-order valence-corrected chi connectivity index (χ2v) is 5.46. The third-order valence-corrected chi connectivity index (χ3v) is 3.55. The van der Waals surface area contributed by atoms with Crippen LogP contribution in [0.15, 0.2) is 11.1 Å². The Kier molecular flexibility index (Phi) is 11.4. The van der Waals surface area contributed by atoms with Crippen LogP contribution in [0.1, 0.15) is 71.1 Å². The fourth-order valence-corrected chi connectivity index (χ4v) is 2.31. The zero-order chi connectivity index (χ0) is 17.0. The number of hydrogen-bond donors (Lipinski definition) is 4. The van der Waals surface area contributed by atoms with Gasteiger partial charge in [0.25, 0.3) is 0 Å². The second-order valence-electron chi connectivity index (χ2n) is 5.46. The standard InChI is InChI=1S/C16H28O6/c1-2-3-4-6-9-12(15(19)20)13(16(21)22)10-7-5-8-11-14(17)18/h14,17-18H,2-11H2,1H3,(H,19,20)(H,21,22). The molecule has 0 aliphatic heterocycles. The lowest BCUT2D eigenvalue weighted by Crippen LogP contribution is -2.12. The number of aliphatic hydroxyl groups is 2. The molecule has 0 radical (unpaired) electrons. The first-order valence-corrected chi connectivity index (χ1v) is 7.94. The molecule has 0 amide bonds. The Morgan fingerprint density at radius 1 is 0.773 bits per heavy atom. The lowest BCUT2D eigenvalue weighted by molar-refractivity contribution is -0.136. The highest BCUT2D eigenvalue weighted by Crippen LogP contribution is 2.20. The zero-order valence-electron chi connectivity index (χ0n) is 13.3. The van der Waals surface area contributed by atoms with E-state index in [1.165, 1.54) is 0 Å². The Morgan fingerprint density at radius 2 is 1.23 bits per heavy atom. The Hall–Kier alpha value is -1.40. The minimum Gasteiger partial charge on any atom is -0.478 e. The predicted molar refractivity (Wildman–Crippen MR) is 82.4 cm³/mol. The summed E-state index contributed by atoms with van der Waals surface area (Å²) >= 11 is 0. The van der Waals surface area contributed by atoms with Gasteiger partial charge in [0.05, 0.1) is 0 Å². The summed E-state index contributed by atoms with van der Waals surface area (Å²) in [5, 5.41) is 35.9. The van der Waals surface area contributed by atoms with E-state index in [-0.39, 0.29) is 30.4 Å². The lowest BCUT2D eigenvalue weighted by Gasteiger charge is -2.09. The number of hydrogen-bond acceptors (Lipinski definition) is 4. The van der Waals surface area contributed by atoms with Crippen LogP contribution < -0.4 is 0 Å². The molecule has 6 nitrogen and oxygen atoms in total. The molecular weight excluding hydrogens is 288 g/mol. The smallest absolute Gasteiger partial charge is 0.332 e. The van der Waals surface area contributed by atoms with Crippen LogP contribution in [0.2, 0.25) is 0 Å². The molecule has 0 aromatic rings. The van der Waals surface area contributed by atoms with Gasteiger partial charge in [-0.2, -0.15) is 0 Å². The van der Waals surface area contributed by atoms with Gasteiger partial charge < -0.3 is 20.4 Å². The van der Waals surface area contributed by atoms with E-state index in [1.54, 1.807) is 0 Å². The lowest BCUT2D eigenvalue weighted by atomic mass is 9.96. The minimum atomic E-state index is -1.34. The van der Waals surface area contributed by atoms with Crippen molar-refractivity contribution >= 4 is 11.9 Å². The van der Waals surface area contributed by atoms with Gasteiger partial charge in [-0.1, -0.05) is 32.6 Å². The van der Waals surface area contributed by atoms with Crippen molar-refractivity contribution in [1.82, 2.24) is 0 Å². The normalized spacial score (nSPS) is 12.4. The largest absolute Gasteiger partial charge is 0.478 e. The molecule has 0 spiro atoms. The zero-order valence-corrected chi connectivity index (χ0v) is 13.3. The molecule has 0 unspecified atom stereocenters. The molecule has 0 aliphatic carbocycles. The van der Waals surface area contributed by atoms with Crippen molar-refractivity contribution in [2.24, 2.45) is 0 Å². The van der Waals surface area contributed by atoms with Crippen LogP contribution in [-0.4, -0.2) is 38.7 Å². The maximum absolute atomic E-state index is 11.3. The molecule has 0 aromatic heterocycles. The quantitative estimate of drug-likeness (QED) is 0.236. The van der Waals surface area contributed by atoms with Crippen LogP contribution in [0, 0.1) is 0 Å². The maximum Gasteiger partial charge on any atom is 0.332 e. The first kappa shape index (κ1) is 20.6. The molecular formula is C16H28O6. The Morgan fingerprint density at radius 3 is 1.59 bits per heavy atom. The van der Waals surface area contributed by atoms with Crippen LogP contribution in [0.25, 0.3) is 0 Å². The van der Waals surface area contributed by atoms with E-state index in [1.807, 2.05) is 0 Å². The number of aliphatic hydroxyl groups excluding tert-OH is 1. The minimum absolute atomic E-state index is 0.00537. The molecule has 0 saturated carbocycles. The number of unbranched alkanes of at least 4 members (excludes halogenated alkanes) is 5.